The van der Waals surface area contributed by atoms with Crippen molar-refractivity contribution in [3.63, 3.8) is 0 Å². The van der Waals surface area contributed by atoms with Gasteiger partial charge in [-0.25, -0.2) is 13.8 Å². The maximum absolute atomic E-state index is 13.6. The van der Waals surface area contributed by atoms with E-state index < -0.39 is 0 Å². The average molecular weight is 488 g/mol. The Kier molecular flexibility index (Phi) is 6.28. The van der Waals surface area contributed by atoms with E-state index in [9.17, 15) is 18.4 Å². The van der Waals surface area contributed by atoms with E-state index in [-0.39, 0.29) is 29.9 Å². The molecular formula is C27H23F2N5O2. The third-order valence-corrected chi connectivity index (χ3v) is 6.14. The van der Waals surface area contributed by atoms with E-state index in [4.69, 9.17) is 5.10 Å². The molecule has 0 saturated carbocycles. The van der Waals surface area contributed by atoms with Crippen molar-refractivity contribution < 1.29 is 18.4 Å². The Labute approximate surface area is 206 Å². The van der Waals surface area contributed by atoms with Gasteiger partial charge in [-0.3, -0.25) is 14.3 Å². The Bertz CT molecular complexity index is 1430. The maximum Gasteiger partial charge on any atom is 0.229 e. The van der Waals surface area contributed by atoms with Crippen molar-refractivity contribution in [1.29, 1.82) is 0 Å². The lowest BCUT2D eigenvalue weighted by atomic mass is 9.98. The molecule has 0 unspecified atom stereocenters. The van der Waals surface area contributed by atoms with Crippen LogP contribution in [-0.2, 0) is 29.1 Å². The lowest BCUT2D eigenvalue weighted by Crippen LogP contribution is -2.37. The maximum atomic E-state index is 13.6. The van der Waals surface area contributed by atoms with Crippen LogP contribution in [0, 0.1) is 11.6 Å². The second-order valence-corrected chi connectivity index (χ2v) is 8.62. The highest BCUT2D eigenvalue weighted by molar-refractivity contribution is 5.92. The lowest BCUT2D eigenvalue weighted by Gasteiger charge is -2.27. The normalized spacial score (nSPS) is 12.8. The van der Waals surface area contributed by atoms with Crippen molar-refractivity contribution in [3.05, 3.63) is 89.8 Å². The Morgan fingerprint density at radius 3 is 2.33 bits per heavy atom. The Morgan fingerprint density at radius 2 is 1.64 bits per heavy atom. The molecule has 0 spiro atoms. The summed E-state index contributed by atoms with van der Waals surface area (Å²) in [6.07, 6.45) is 1.66. The van der Waals surface area contributed by atoms with Crippen LogP contribution in [-0.4, -0.2) is 38.0 Å². The van der Waals surface area contributed by atoms with Crippen LogP contribution in [0.1, 0.15) is 18.2 Å². The number of amides is 2. The van der Waals surface area contributed by atoms with E-state index in [2.05, 4.69) is 10.3 Å². The number of nitrogens with one attached hydrogen (secondary N) is 1. The van der Waals surface area contributed by atoms with Crippen LogP contribution in [0.15, 0.2) is 66.9 Å². The predicted molar refractivity (Wildman–Crippen MR) is 131 cm³/mol. The van der Waals surface area contributed by atoms with E-state index in [1.54, 1.807) is 41.4 Å². The van der Waals surface area contributed by atoms with Gasteiger partial charge in [-0.15, -0.1) is 0 Å². The van der Waals surface area contributed by atoms with E-state index in [1.165, 1.54) is 31.2 Å². The first-order valence-electron chi connectivity index (χ1n) is 11.5. The van der Waals surface area contributed by atoms with Crippen LogP contribution < -0.4 is 5.32 Å². The zero-order valence-corrected chi connectivity index (χ0v) is 19.5. The van der Waals surface area contributed by atoms with E-state index in [0.29, 0.717) is 36.7 Å². The molecule has 0 bridgehead atoms. The zero-order chi connectivity index (χ0) is 25.2. The summed E-state index contributed by atoms with van der Waals surface area (Å²) >= 11 is 0. The van der Waals surface area contributed by atoms with Crippen LogP contribution in [0.2, 0.25) is 0 Å². The Hall–Kier alpha value is -4.40. The molecule has 1 aliphatic rings. The molecule has 36 heavy (non-hydrogen) atoms. The van der Waals surface area contributed by atoms with Crippen LogP contribution in [0.5, 0.6) is 0 Å². The molecule has 2 amide bonds. The number of nitrogens with zero attached hydrogens (tertiary/aromatic N) is 4. The minimum atomic E-state index is -0.363. The molecule has 5 rings (SSSR count). The molecule has 2 aromatic carbocycles. The molecule has 0 radical (unpaired) electrons. The smallest absolute Gasteiger partial charge is 0.229 e. The first-order chi connectivity index (χ1) is 17.4. The predicted octanol–water partition coefficient (Wildman–Crippen LogP) is 4.43. The van der Waals surface area contributed by atoms with Crippen molar-refractivity contribution in [3.8, 4) is 22.4 Å². The van der Waals surface area contributed by atoms with Gasteiger partial charge in [0, 0.05) is 30.8 Å². The van der Waals surface area contributed by atoms with Gasteiger partial charge in [-0.05, 0) is 59.7 Å². The number of halogens is 2. The molecule has 0 saturated heterocycles. The fourth-order valence-corrected chi connectivity index (χ4v) is 4.33. The first kappa shape index (κ1) is 23.3. The molecule has 182 valence electrons. The number of carbonyl (C=O) groups excluding carboxylic acids is 2. The molecule has 7 nitrogen and oxygen atoms in total. The highest BCUT2D eigenvalue weighted by Gasteiger charge is 2.27. The number of hydrogen-bond donors (Lipinski definition) is 1. The van der Waals surface area contributed by atoms with Crippen LogP contribution in [0.25, 0.3) is 22.4 Å². The van der Waals surface area contributed by atoms with Gasteiger partial charge in [-0.2, -0.15) is 5.10 Å². The van der Waals surface area contributed by atoms with Crippen LogP contribution in [0.4, 0.5) is 14.6 Å². The van der Waals surface area contributed by atoms with Crippen molar-refractivity contribution >= 4 is 17.6 Å². The van der Waals surface area contributed by atoms with Crippen molar-refractivity contribution in [1.82, 2.24) is 19.7 Å². The van der Waals surface area contributed by atoms with Crippen molar-refractivity contribution in [2.24, 2.45) is 0 Å². The monoisotopic (exact) mass is 487 g/mol. The van der Waals surface area contributed by atoms with Gasteiger partial charge in [0.15, 0.2) is 0 Å². The minimum absolute atomic E-state index is 0.0276. The van der Waals surface area contributed by atoms with Crippen molar-refractivity contribution in [2.75, 3.05) is 11.9 Å². The van der Waals surface area contributed by atoms with E-state index in [0.717, 1.165) is 22.4 Å². The summed E-state index contributed by atoms with van der Waals surface area (Å²) in [6.45, 7) is 3.00. The fraction of sp³-hybridized carbons (Fsp3) is 0.185. The number of anilines is 1. The van der Waals surface area contributed by atoms with Gasteiger partial charge < -0.3 is 10.2 Å². The molecule has 9 heteroatoms. The highest BCUT2D eigenvalue weighted by atomic mass is 19.1. The third-order valence-electron chi connectivity index (χ3n) is 6.14. The topological polar surface area (TPSA) is 80.1 Å². The molecule has 0 aliphatic carbocycles. The van der Waals surface area contributed by atoms with Gasteiger partial charge in [0.1, 0.15) is 23.1 Å². The molecule has 4 aromatic rings. The van der Waals surface area contributed by atoms with Gasteiger partial charge in [-0.1, -0.05) is 12.1 Å². The molecule has 0 fully saturated rings. The van der Waals surface area contributed by atoms with Crippen molar-refractivity contribution in [2.45, 2.75) is 26.4 Å². The SMILES string of the molecule is CC(=O)N1CCn2nc(-c3ccc(F)cc3)c(-c3ccnc(NC(=O)Cc4ccc(F)cc4)c3)c2C1. The van der Waals surface area contributed by atoms with Gasteiger partial charge in [0.05, 0.1) is 25.2 Å². The largest absolute Gasteiger partial charge is 0.335 e. The number of hydrogen-bond acceptors (Lipinski definition) is 4. The lowest BCUT2D eigenvalue weighted by molar-refractivity contribution is -0.130. The minimum Gasteiger partial charge on any atom is -0.335 e. The molecular weight excluding hydrogens is 464 g/mol. The third kappa shape index (κ3) is 4.86. The number of rotatable bonds is 5. The zero-order valence-electron chi connectivity index (χ0n) is 19.5. The first-order valence-corrected chi connectivity index (χ1v) is 11.5. The van der Waals surface area contributed by atoms with E-state index in [1.807, 2.05) is 10.7 Å². The quantitative estimate of drug-likeness (QED) is 0.452. The number of benzene rings is 2. The van der Waals surface area contributed by atoms with Gasteiger partial charge >= 0.3 is 0 Å². The average Bonchev–Trinajstić information content (AvgIpc) is 3.25. The van der Waals surface area contributed by atoms with E-state index >= 15 is 0 Å². The van der Waals surface area contributed by atoms with Gasteiger partial charge in [0.25, 0.3) is 0 Å². The standard InChI is InChI=1S/C27H23F2N5O2/c1-17(35)33-12-13-34-23(16-33)26(27(32-34)19-4-8-22(29)9-5-19)20-10-11-30-24(15-20)31-25(36)14-18-2-6-21(28)7-3-18/h2-11,15H,12-14,16H2,1H3,(H,30,31,36). The molecule has 0 atom stereocenters. The van der Waals surface area contributed by atoms with Crippen LogP contribution in [0.3, 0.4) is 0 Å². The molecule has 1 aliphatic heterocycles. The Balaban J connectivity index is 1.50. The Morgan fingerprint density at radius 1 is 0.944 bits per heavy atom. The summed E-state index contributed by atoms with van der Waals surface area (Å²) in [6, 6.07) is 15.4. The van der Waals surface area contributed by atoms with Gasteiger partial charge in [0.2, 0.25) is 11.8 Å². The number of fused-ring (bicyclic) bond motifs is 1. The fourth-order valence-electron chi connectivity index (χ4n) is 4.33. The molecule has 2 aromatic heterocycles. The summed E-state index contributed by atoms with van der Waals surface area (Å²) in [4.78, 5) is 30.7. The summed E-state index contributed by atoms with van der Waals surface area (Å²) in [5, 5.41) is 7.59. The summed E-state index contributed by atoms with van der Waals surface area (Å²) in [5.74, 6) is -0.672. The molecule has 3 heterocycles. The summed E-state index contributed by atoms with van der Waals surface area (Å²) < 4.78 is 28.6. The van der Waals surface area contributed by atoms with Crippen LogP contribution >= 0.6 is 0 Å². The number of carbonyl (C=O) groups is 2. The number of pyridine rings is 1. The summed E-state index contributed by atoms with van der Waals surface area (Å²) in [7, 11) is 0. The number of aromatic nitrogens is 3. The molecule has 1 N–H and O–H groups in total. The summed E-state index contributed by atoms with van der Waals surface area (Å²) in [5.41, 5.74) is 4.48. The highest BCUT2D eigenvalue weighted by Crippen LogP contribution is 2.37. The second kappa shape index (κ2) is 9.69. The second-order valence-electron chi connectivity index (χ2n) is 8.62.